The van der Waals surface area contributed by atoms with Gasteiger partial charge >= 0.3 is 0 Å². The fourth-order valence-electron chi connectivity index (χ4n) is 3.23. The van der Waals surface area contributed by atoms with Gasteiger partial charge in [-0.1, -0.05) is 34.1 Å². The van der Waals surface area contributed by atoms with Gasteiger partial charge < -0.3 is 10.2 Å². The minimum Gasteiger partial charge on any atom is -0.350 e. The molecule has 136 valence electrons. The van der Waals surface area contributed by atoms with Gasteiger partial charge in [-0.2, -0.15) is 5.10 Å². The molecule has 0 spiro atoms. The lowest BCUT2D eigenvalue weighted by molar-refractivity contribution is -0.118. The van der Waals surface area contributed by atoms with E-state index in [9.17, 15) is 14.4 Å². The van der Waals surface area contributed by atoms with E-state index in [0.29, 0.717) is 40.8 Å². The van der Waals surface area contributed by atoms with E-state index in [2.05, 4.69) is 31.4 Å². The molecule has 0 aliphatic carbocycles. The van der Waals surface area contributed by atoms with Crippen molar-refractivity contribution in [1.29, 1.82) is 0 Å². The summed E-state index contributed by atoms with van der Waals surface area (Å²) in [6.07, 6.45) is 0.0149. The van der Waals surface area contributed by atoms with Gasteiger partial charge in [-0.25, -0.2) is 5.10 Å². The van der Waals surface area contributed by atoms with Crippen molar-refractivity contribution in [2.45, 2.75) is 6.42 Å². The largest absolute Gasteiger partial charge is 0.350 e. The van der Waals surface area contributed by atoms with Crippen LogP contribution < -0.4 is 15.8 Å². The van der Waals surface area contributed by atoms with Crippen molar-refractivity contribution >= 4 is 44.2 Å². The summed E-state index contributed by atoms with van der Waals surface area (Å²) < 4.78 is 0.763. The van der Waals surface area contributed by atoms with Gasteiger partial charge in [0, 0.05) is 22.9 Å². The summed E-state index contributed by atoms with van der Waals surface area (Å²) in [5.74, 6) is -0.408. The van der Waals surface area contributed by atoms with Crippen LogP contribution in [-0.4, -0.2) is 35.1 Å². The highest BCUT2D eigenvalue weighted by Crippen LogP contribution is 2.27. The van der Waals surface area contributed by atoms with Crippen LogP contribution in [0.2, 0.25) is 0 Å². The molecule has 0 bridgehead atoms. The second-order valence-electron chi connectivity index (χ2n) is 6.18. The molecule has 0 saturated heterocycles. The van der Waals surface area contributed by atoms with E-state index in [1.165, 1.54) is 0 Å². The van der Waals surface area contributed by atoms with E-state index in [-0.39, 0.29) is 23.8 Å². The Morgan fingerprint density at radius 2 is 1.93 bits per heavy atom. The Balaban J connectivity index is 1.72. The standard InChI is InChI=1S/C19H15BrN4O3/c20-11-5-6-16-14(9-11)18(26)21-7-8-24(16)17(25)10-15-12-3-1-2-4-13(12)19(27)23-22-15/h1-6,9H,7-8,10H2,(H,21,26)(H,23,27). The van der Waals surface area contributed by atoms with Crippen molar-refractivity contribution < 1.29 is 9.59 Å². The topological polar surface area (TPSA) is 95.2 Å². The van der Waals surface area contributed by atoms with Gasteiger partial charge in [0.1, 0.15) is 0 Å². The molecule has 2 N–H and O–H groups in total. The van der Waals surface area contributed by atoms with Gasteiger partial charge in [0.2, 0.25) is 5.91 Å². The van der Waals surface area contributed by atoms with Gasteiger partial charge in [0.15, 0.2) is 0 Å². The van der Waals surface area contributed by atoms with Gasteiger partial charge in [0.25, 0.3) is 11.5 Å². The highest BCUT2D eigenvalue weighted by molar-refractivity contribution is 9.10. The van der Waals surface area contributed by atoms with E-state index < -0.39 is 0 Å². The van der Waals surface area contributed by atoms with Crippen molar-refractivity contribution in [2.75, 3.05) is 18.0 Å². The van der Waals surface area contributed by atoms with Crippen molar-refractivity contribution in [3.8, 4) is 0 Å². The van der Waals surface area contributed by atoms with Crippen LogP contribution in [0.4, 0.5) is 5.69 Å². The van der Waals surface area contributed by atoms with E-state index in [1.807, 2.05) is 0 Å². The molecule has 1 aliphatic heterocycles. The predicted octanol–water partition coefficient (Wildman–Crippen LogP) is 2.00. The smallest absolute Gasteiger partial charge is 0.272 e. The zero-order valence-electron chi connectivity index (χ0n) is 14.2. The fraction of sp³-hybridized carbons (Fsp3) is 0.158. The SMILES string of the molecule is O=C1NCCN(C(=O)Cc2n[nH]c(=O)c3ccccc23)c2ccc(Br)cc21. The van der Waals surface area contributed by atoms with Crippen LogP contribution in [0.25, 0.3) is 10.8 Å². The first-order valence-corrected chi connectivity index (χ1v) is 9.18. The first-order chi connectivity index (χ1) is 13.0. The molecule has 4 rings (SSSR count). The summed E-state index contributed by atoms with van der Waals surface area (Å²) in [6, 6.07) is 12.3. The van der Waals surface area contributed by atoms with E-state index in [1.54, 1.807) is 47.4 Å². The Morgan fingerprint density at radius 3 is 2.74 bits per heavy atom. The summed E-state index contributed by atoms with van der Waals surface area (Å²) in [5, 5.41) is 10.5. The Kier molecular flexibility index (Phi) is 4.49. The molecule has 1 aromatic heterocycles. The molecule has 2 heterocycles. The second-order valence-corrected chi connectivity index (χ2v) is 7.10. The number of aromatic amines is 1. The summed E-state index contributed by atoms with van der Waals surface area (Å²) in [5.41, 5.74) is 1.21. The number of amides is 2. The van der Waals surface area contributed by atoms with Gasteiger partial charge in [-0.3, -0.25) is 14.4 Å². The van der Waals surface area contributed by atoms with Crippen molar-refractivity contribution in [1.82, 2.24) is 15.5 Å². The zero-order chi connectivity index (χ0) is 19.0. The highest BCUT2D eigenvalue weighted by atomic mass is 79.9. The number of H-pyrrole nitrogens is 1. The summed E-state index contributed by atoms with van der Waals surface area (Å²) in [6.45, 7) is 0.719. The first-order valence-electron chi connectivity index (χ1n) is 8.39. The molecular weight excluding hydrogens is 412 g/mol. The number of rotatable bonds is 2. The van der Waals surface area contributed by atoms with Crippen LogP contribution in [0.1, 0.15) is 16.1 Å². The number of halogens is 1. The lowest BCUT2D eigenvalue weighted by atomic mass is 10.1. The highest BCUT2D eigenvalue weighted by Gasteiger charge is 2.26. The lowest BCUT2D eigenvalue weighted by Crippen LogP contribution is -2.36. The normalized spacial score (nSPS) is 13.8. The van der Waals surface area contributed by atoms with E-state index in [4.69, 9.17) is 0 Å². The minimum absolute atomic E-state index is 0.0149. The molecule has 2 amide bonds. The molecule has 0 atom stereocenters. The lowest BCUT2D eigenvalue weighted by Gasteiger charge is -2.22. The number of hydrogen-bond donors (Lipinski definition) is 2. The van der Waals surface area contributed by atoms with Crippen molar-refractivity contribution in [2.24, 2.45) is 0 Å². The average Bonchev–Trinajstić information content (AvgIpc) is 2.83. The van der Waals surface area contributed by atoms with Crippen molar-refractivity contribution in [3.05, 3.63) is 68.5 Å². The maximum atomic E-state index is 13.0. The van der Waals surface area contributed by atoms with Gasteiger partial charge in [-0.05, 0) is 24.3 Å². The molecule has 1 aliphatic rings. The number of fused-ring (bicyclic) bond motifs is 2. The van der Waals surface area contributed by atoms with Crippen LogP contribution in [0.15, 0.2) is 51.7 Å². The van der Waals surface area contributed by atoms with Crippen LogP contribution in [-0.2, 0) is 11.2 Å². The molecule has 2 aromatic carbocycles. The number of nitrogens with one attached hydrogen (secondary N) is 2. The zero-order valence-corrected chi connectivity index (χ0v) is 15.7. The summed E-state index contributed by atoms with van der Waals surface area (Å²) in [4.78, 5) is 38.8. The number of carbonyl (C=O) groups excluding carboxylic acids is 2. The second kappa shape index (κ2) is 6.96. The summed E-state index contributed by atoms with van der Waals surface area (Å²) >= 11 is 3.36. The molecule has 0 saturated carbocycles. The molecule has 3 aromatic rings. The number of aromatic nitrogens is 2. The molecule has 8 heteroatoms. The number of nitrogens with zero attached hydrogens (tertiary/aromatic N) is 2. The Bertz CT molecular complexity index is 1130. The van der Waals surface area contributed by atoms with Crippen LogP contribution >= 0.6 is 15.9 Å². The monoisotopic (exact) mass is 426 g/mol. The quantitative estimate of drug-likeness (QED) is 0.654. The minimum atomic E-state index is -0.290. The maximum absolute atomic E-state index is 13.0. The Labute approximate surface area is 162 Å². The summed E-state index contributed by atoms with van der Waals surface area (Å²) in [7, 11) is 0. The number of anilines is 1. The van der Waals surface area contributed by atoms with Crippen LogP contribution in [0.5, 0.6) is 0 Å². The van der Waals surface area contributed by atoms with Gasteiger partial charge in [0.05, 0.1) is 28.8 Å². The number of hydrogen-bond acceptors (Lipinski definition) is 4. The van der Waals surface area contributed by atoms with E-state index >= 15 is 0 Å². The predicted molar refractivity (Wildman–Crippen MR) is 105 cm³/mol. The molecule has 27 heavy (non-hydrogen) atoms. The first kappa shape index (κ1) is 17.4. The molecule has 7 nitrogen and oxygen atoms in total. The third-order valence-corrected chi connectivity index (χ3v) is 5.00. The molecule has 0 fully saturated rings. The fourth-order valence-corrected chi connectivity index (χ4v) is 3.59. The van der Waals surface area contributed by atoms with Gasteiger partial charge in [-0.15, -0.1) is 0 Å². The van der Waals surface area contributed by atoms with Crippen LogP contribution in [0.3, 0.4) is 0 Å². The third kappa shape index (κ3) is 3.23. The molecule has 0 unspecified atom stereocenters. The Morgan fingerprint density at radius 1 is 1.15 bits per heavy atom. The molecular formula is C19H15BrN4O3. The van der Waals surface area contributed by atoms with E-state index in [0.717, 1.165) is 4.47 Å². The number of benzene rings is 2. The van der Waals surface area contributed by atoms with Crippen molar-refractivity contribution in [3.63, 3.8) is 0 Å². The Hall–Kier alpha value is -3.00. The molecule has 0 radical (unpaired) electrons. The third-order valence-electron chi connectivity index (χ3n) is 4.51. The van der Waals surface area contributed by atoms with Crippen LogP contribution in [0, 0.1) is 0 Å². The average molecular weight is 427 g/mol. The number of carbonyl (C=O) groups is 2. The maximum Gasteiger partial charge on any atom is 0.272 e.